The summed E-state index contributed by atoms with van der Waals surface area (Å²) in [6.07, 6.45) is 1.49. The van der Waals surface area contributed by atoms with E-state index in [4.69, 9.17) is 5.73 Å². The number of nitrogens with two attached hydrogens (primary N) is 1. The van der Waals surface area contributed by atoms with Crippen molar-refractivity contribution >= 4 is 23.7 Å². The van der Waals surface area contributed by atoms with Crippen LogP contribution in [-0.4, -0.2) is 53.5 Å². The van der Waals surface area contributed by atoms with Gasteiger partial charge < -0.3 is 26.8 Å². The minimum atomic E-state index is -1.27. The van der Waals surface area contributed by atoms with Crippen molar-refractivity contribution in [3.63, 3.8) is 0 Å². The average Bonchev–Trinajstić information content (AvgIpc) is 3.19. The highest BCUT2D eigenvalue weighted by atomic mass is 16.4. The predicted molar refractivity (Wildman–Crippen MR) is 101 cm³/mol. The summed E-state index contributed by atoms with van der Waals surface area (Å²) < 4.78 is 0. The monoisotopic (exact) mass is 390 g/mol. The van der Waals surface area contributed by atoms with Crippen LogP contribution in [0.4, 0.5) is 0 Å². The Morgan fingerprint density at radius 2 is 1.86 bits per heavy atom. The number of primary amides is 1. The highest BCUT2D eigenvalue weighted by Crippen LogP contribution is 2.08. The van der Waals surface area contributed by atoms with Crippen molar-refractivity contribution < 1.29 is 24.3 Å². The van der Waals surface area contributed by atoms with Crippen molar-refractivity contribution in [3.05, 3.63) is 35.9 Å². The lowest BCUT2D eigenvalue weighted by Crippen LogP contribution is -2.55. The van der Waals surface area contributed by atoms with Gasteiger partial charge in [0, 0.05) is 12.8 Å². The van der Waals surface area contributed by atoms with Gasteiger partial charge in [-0.3, -0.25) is 14.4 Å². The number of rotatable bonds is 10. The molecule has 1 aromatic carbocycles. The van der Waals surface area contributed by atoms with Gasteiger partial charge in [0.15, 0.2) is 0 Å². The molecule has 0 bridgehead atoms. The van der Waals surface area contributed by atoms with Gasteiger partial charge in [-0.1, -0.05) is 30.3 Å². The predicted octanol–water partition coefficient (Wildman–Crippen LogP) is -0.699. The van der Waals surface area contributed by atoms with Gasteiger partial charge in [-0.15, -0.1) is 0 Å². The molecule has 0 aliphatic carbocycles. The quantitative estimate of drug-likeness (QED) is 0.356. The summed E-state index contributed by atoms with van der Waals surface area (Å²) >= 11 is 0. The van der Waals surface area contributed by atoms with Crippen LogP contribution in [0.25, 0.3) is 0 Å². The van der Waals surface area contributed by atoms with Gasteiger partial charge in [0.05, 0.1) is 6.04 Å². The van der Waals surface area contributed by atoms with E-state index < -0.39 is 29.9 Å². The summed E-state index contributed by atoms with van der Waals surface area (Å²) in [6.45, 7) is 0.738. The van der Waals surface area contributed by atoms with Crippen LogP contribution in [-0.2, 0) is 25.6 Å². The van der Waals surface area contributed by atoms with Crippen LogP contribution < -0.4 is 21.7 Å². The second kappa shape index (κ2) is 10.4. The third-order valence-electron chi connectivity index (χ3n) is 4.59. The summed E-state index contributed by atoms with van der Waals surface area (Å²) in [5.41, 5.74) is 5.89. The Balaban J connectivity index is 2.08. The molecule has 0 spiro atoms. The first-order chi connectivity index (χ1) is 13.4. The molecule has 1 saturated heterocycles. The number of hydrogen-bond donors (Lipinski definition) is 5. The zero-order chi connectivity index (χ0) is 20.5. The van der Waals surface area contributed by atoms with E-state index >= 15 is 0 Å². The van der Waals surface area contributed by atoms with E-state index in [0.29, 0.717) is 6.42 Å². The van der Waals surface area contributed by atoms with Crippen molar-refractivity contribution in [2.45, 2.75) is 50.2 Å². The largest absolute Gasteiger partial charge is 0.480 e. The number of carbonyl (C=O) groups is 4. The van der Waals surface area contributed by atoms with E-state index in [1.165, 1.54) is 0 Å². The number of benzene rings is 1. The first-order valence-electron chi connectivity index (χ1n) is 9.26. The number of carbonyl (C=O) groups excluding carboxylic acids is 3. The highest BCUT2D eigenvalue weighted by molar-refractivity contribution is 5.92. The summed E-state index contributed by atoms with van der Waals surface area (Å²) in [5.74, 6) is -2.83. The normalized spacial score (nSPS) is 18.1. The van der Waals surface area contributed by atoms with Crippen LogP contribution >= 0.6 is 0 Å². The van der Waals surface area contributed by atoms with Gasteiger partial charge in [-0.25, -0.2) is 4.79 Å². The maximum absolute atomic E-state index is 12.7. The number of nitrogens with one attached hydrogen (secondary N) is 3. The molecule has 3 atom stereocenters. The zero-order valence-electron chi connectivity index (χ0n) is 15.5. The second-order valence-corrected chi connectivity index (χ2v) is 6.80. The molecule has 1 heterocycles. The SMILES string of the molecule is NC(=O)CCC(NC(=O)C(Cc1ccccc1)NC(=O)C1CCCN1)C(=O)O. The third kappa shape index (κ3) is 6.66. The number of amides is 3. The fourth-order valence-corrected chi connectivity index (χ4v) is 3.06. The third-order valence-corrected chi connectivity index (χ3v) is 4.59. The van der Waals surface area contributed by atoms with Crippen molar-refractivity contribution in [3.8, 4) is 0 Å². The van der Waals surface area contributed by atoms with Gasteiger partial charge in [-0.2, -0.15) is 0 Å². The van der Waals surface area contributed by atoms with Gasteiger partial charge in [-0.05, 0) is 31.4 Å². The lowest BCUT2D eigenvalue weighted by atomic mass is 10.0. The van der Waals surface area contributed by atoms with Crippen LogP contribution in [0.1, 0.15) is 31.2 Å². The molecule has 0 saturated carbocycles. The zero-order valence-corrected chi connectivity index (χ0v) is 15.5. The van der Waals surface area contributed by atoms with E-state index in [2.05, 4.69) is 16.0 Å². The molecule has 6 N–H and O–H groups in total. The Hall–Kier alpha value is -2.94. The van der Waals surface area contributed by atoms with Gasteiger partial charge in [0.2, 0.25) is 17.7 Å². The molecule has 152 valence electrons. The molecule has 9 heteroatoms. The van der Waals surface area contributed by atoms with Crippen LogP contribution in [0.5, 0.6) is 0 Å². The number of aliphatic carboxylic acids is 1. The molecule has 9 nitrogen and oxygen atoms in total. The maximum Gasteiger partial charge on any atom is 0.326 e. The molecule has 1 aliphatic rings. The van der Waals surface area contributed by atoms with E-state index in [1.54, 1.807) is 0 Å². The van der Waals surface area contributed by atoms with Crippen molar-refractivity contribution in [1.82, 2.24) is 16.0 Å². The lowest BCUT2D eigenvalue weighted by Gasteiger charge is -2.23. The molecule has 0 radical (unpaired) electrons. The standard InChI is InChI=1S/C19H26N4O5/c20-16(24)9-8-14(19(27)28)22-18(26)15(11-12-5-2-1-3-6-12)23-17(25)13-7-4-10-21-13/h1-3,5-6,13-15,21H,4,7-11H2,(H2,20,24)(H,22,26)(H,23,25)(H,27,28). The fraction of sp³-hybridized carbons (Fsp3) is 0.474. The molecule has 3 unspecified atom stereocenters. The van der Waals surface area contributed by atoms with Crippen molar-refractivity contribution in [2.24, 2.45) is 5.73 Å². The highest BCUT2D eigenvalue weighted by Gasteiger charge is 2.30. The molecular weight excluding hydrogens is 364 g/mol. The summed E-state index contributed by atoms with van der Waals surface area (Å²) in [5, 5.41) is 17.5. The number of hydrogen-bond acceptors (Lipinski definition) is 5. The van der Waals surface area contributed by atoms with Crippen molar-refractivity contribution in [1.29, 1.82) is 0 Å². The molecule has 2 rings (SSSR count). The number of carboxylic acids is 1. The lowest BCUT2D eigenvalue weighted by molar-refractivity contribution is -0.142. The molecule has 1 aliphatic heterocycles. The summed E-state index contributed by atoms with van der Waals surface area (Å²) in [7, 11) is 0. The average molecular weight is 390 g/mol. The first kappa shape index (κ1) is 21.4. The Labute approximate surface area is 163 Å². The maximum atomic E-state index is 12.7. The van der Waals surface area contributed by atoms with Crippen LogP contribution in [0, 0.1) is 0 Å². The smallest absolute Gasteiger partial charge is 0.326 e. The minimum Gasteiger partial charge on any atom is -0.480 e. The Morgan fingerprint density at radius 3 is 2.43 bits per heavy atom. The topological polar surface area (TPSA) is 151 Å². The van der Waals surface area contributed by atoms with Crippen molar-refractivity contribution in [2.75, 3.05) is 6.54 Å². The van der Waals surface area contributed by atoms with E-state index in [-0.39, 0.29) is 31.2 Å². The summed E-state index contributed by atoms with van der Waals surface area (Å²) in [4.78, 5) is 47.5. The van der Waals surface area contributed by atoms with Crippen LogP contribution in [0.3, 0.4) is 0 Å². The number of carboxylic acid groups (broad SMARTS) is 1. The molecule has 3 amide bonds. The van der Waals surface area contributed by atoms with Gasteiger partial charge in [0.1, 0.15) is 12.1 Å². The summed E-state index contributed by atoms with van der Waals surface area (Å²) in [6, 6.07) is 6.55. The Kier molecular flexibility index (Phi) is 7.94. The Morgan fingerprint density at radius 1 is 1.14 bits per heavy atom. The van der Waals surface area contributed by atoms with E-state index in [0.717, 1.165) is 18.5 Å². The van der Waals surface area contributed by atoms with E-state index in [1.807, 2.05) is 30.3 Å². The minimum absolute atomic E-state index is 0.118. The molecule has 28 heavy (non-hydrogen) atoms. The van der Waals surface area contributed by atoms with Gasteiger partial charge >= 0.3 is 5.97 Å². The van der Waals surface area contributed by atoms with Crippen LogP contribution in [0.15, 0.2) is 30.3 Å². The Bertz CT molecular complexity index is 704. The molecule has 0 aromatic heterocycles. The van der Waals surface area contributed by atoms with Crippen LogP contribution in [0.2, 0.25) is 0 Å². The van der Waals surface area contributed by atoms with Gasteiger partial charge in [0.25, 0.3) is 0 Å². The molecular formula is C19H26N4O5. The fourth-order valence-electron chi connectivity index (χ4n) is 3.06. The first-order valence-corrected chi connectivity index (χ1v) is 9.26. The molecule has 1 aromatic rings. The molecule has 1 fully saturated rings. The van der Waals surface area contributed by atoms with E-state index in [9.17, 15) is 24.3 Å². The second-order valence-electron chi connectivity index (χ2n) is 6.80.